The maximum atomic E-state index is 12.3. The van der Waals surface area contributed by atoms with Crippen LogP contribution in [0.25, 0.3) is 10.2 Å². The first-order valence-corrected chi connectivity index (χ1v) is 9.88. The van der Waals surface area contributed by atoms with Gasteiger partial charge in [-0.05, 0) is 38.9 Å². The van der Waals surface area contributed by atoms with Crippen LogP contribution in [0, 0.1) is 0 Å². The first-order valence-electron chi connectivity index (χ1n) is 9.07. The van der Waals surface area contributed by atoms with E-state index in [0.29, 0.717) is 26.1 Å². The van der Waals surface area contributed by atoms with Gasteiger partial charge in [-0.2, -0.15) is 0 Å². The second-order valence-corrected chi connectivity index (χ2v) is 7.19. The molecule has 0 radical (unpaired) electrons. The number of carbonyl (C=O) groups excluding carboxylic acids is 2. The van der Waals surface area contributed by atoms with E-state index in [4.69, 9.17) is 4.74 Å². The molecule has 1 aromatic carbocycles. The fourth-order valence-corrected chi connectivity index (χ4v) is 3.65. The van der Waals surface area contributed by atoms with Gasteiger partial charge in [-0.3, -0.25) is 14.5 Å². The molecule has 0 fully saturated rings. The van der Waals surface area contributed by atoms with Crippen molar-refractivity contribution >= 4 is 33.4 Å². The average molecular weight is 378 g/mol. The van der Waals surface area contributed by atoms with Gasteiger partial charge in [0, 0.05) is 13.0 Å². The molecule has 0 aliphatic carbocycles. The molecule has 0 saturated carbocycles. The van der Waals surface area contributed by atoms with Gasteiger partial charge in [-0.15, -0.1) is 11.3 Å². The van der Waals surface area contributed by atoms with Crippen LogP contribution in [0.2, 0.25) is 0 Å². The number of amides is 1. The Labute approximate surface area is 158 Å². The van der Waals surface area contributed by atoms with Gasteiger partial charge in [-0.1, -0.05) is 19.1 Å². The molecule has 142 valence electrons. The van der Waals surface area contributed by atoms with Crippen molar-refractivity contribution in [3.05, 3.63) is 29.3 Å². The Morgan fingerprint density at radius 3 is 2.77 bits per heavy atom. The number of hydrogen-bond donors (Lipinski definition) is 1. The minimum atomic E-state index is -0.426. The minimum absolute atomic E-state index is 0.0873. The monoisotopic (exact) mass is 377 g/mol. The lowest BCUT2D eigenvalue weighted by Gasteiger charge is -2.26. The summed E-state index contributed by atoms with van der Waals surface area (Å²) in [6.07, 6.45) is 1.56. The lowest BCUT2D eigenvalue weighted by Crippen LogP contribution is -2.46. The van der Waals surface area contributed by atoms with Gasteiger partial charge < -0.3 is 10.1 Å². The van der Waals surface area contributed by atoms with E-state index in [9.17, 15) is 9.59 Å². The Kier molecular flexibility index (Phi) is 8.00. The first-order chi connectivity index (χ1) is 12.5. The summed E-state index contributed by atoms with van der Waals surface area (Å²) in [6.45, 7) is 7.32. The fraction of sp³-hybridized carbons (Fsp3) is 0.526. The number of thiazole rings is 1. The van der Waals surface area contributed by atoms with Crippen LogP contribution in [0.3, 0.4) is 0 Å². The number of rotatable bonds is 10. The third kappa shape index (κ3) is 5.78. The first kappa shape index (κ1) is 20.3. The molecular formula is C19H27N3O3S. The summed E-state index contributed by atoms with van der Waals surface area (Å²) >= 11 is 1.65. The second-order valence-electron chi connectivity index (χ2n) is 6.07. The van der Waals surface area contributed by atoms with Crippen LogP contribution in [-0.4, -0.2) is 54.0 Å². The molecule has 0 aliphatic heterocycles. The summed E-state index contributed by atoms with van der Waals surface area (Å²) in [4.78, 5) is 30.6. The summed E-state index contributed by atoms with van der Waals surface area (Å²) in [7, 11) is 0. The molecule has 1 heterocycles. The SMILES string of the molecule is CCCN(CC(=O)NCCc1nc2ccccc2s1)[C@H](C)C(=O)OCC. The van der Waals surface area contributed by atoms with Gasteiger partial charge in [0.2, 0.25) is 5.91 Å². The highest BCUT2D eigenvalue weighted by Gasteiger charge is 2.23. The van der Waals surface area contributed by atoms with Crippen molar-refractivity contribution in [2.45, 2.75) is 39.7 Å². The number of ether oxygens (including phenoxy) is 1. The molecule has 1 N–H and O–H groups in total. The van der Waals surface area contributed by atoms with Crippen LogP contribution < -0.4 is 5.32 Å². The van der Waals surface area contributed by atoms with Gasteiger partial charge in [0.25, 0.3) is 0 Å². The van der Waals surface area contributed by atoms with E-state index in [1.165, 1.54) is 0 Å². The largest absolute Gasteiger partial charge is 0.465 e. The van der Waals surface area contributed by atoms with Gasteiger partial charge in [0.05, 0.1) is 28.4 Å². The van der Waals surface area contributed by atoms with E-state index in [0.717, 1.165) is 21.6 Å². The lowest BCUT2D eigenvalue weighted by atomic mass is 10.2. The van der Waals surface area contributed by atoms with Crippen LogP contribution in [0.1, 0.15) is 32.2 Å². The molecule has 1 amide bonds. The van der Waals surface area contributed by atoms with Crippen molar-refractivity contribution in [2.75, 3.05) is 26.2 Å². The standard InChI is InChI=1S/C19H27N3O3S/c1-4-12-22(14(3)19(24)25-5-2)13-17(23)20-11-10-18-21-15-8-6-7-9-16(15)26-18/h6-9,14H,4-5,10-13H2,1-3H3,(H,20,23)/t14-/m1/s1. The van der Waals surface area contributed by atoms with Crippen LogP contribution in [0.5, 0.6) is 0 Å². The second kappa shape index (κ2) is 10.2. The third-order valence-corrected chi connectivity index (χ3v) is 5.13. The lowest BCUT2D eigenvalue weighted by molar-refractivity contribution is -0.149. The highest BCUT2D eigenvalue weighted by molar-refractivity contribution is 7.18. The van der Waals surface area contributed by atoms with Crippen molar-refractivity contribution in [1.29, 1.82) is 0 Å². The molecule has 0 saturated heterocycles. The van der Waals surface area contributed by atoms with E-state index < -0.39 is 6.04 Å². The molecule has 0 unspecified atom stereocenters. The Balaban J connectivity index is 1.82. The molecule has 0 aliphatic rings. The summed E-state index contributed by atoms with van der Waals surface area (Å²) in [6, 6.07) is 7.59. The van der Waals surface area contributed by atoms with Crippen LogP contribution in [-0.2, 0) is 20.7 Å². The Morgan fingerprint density at radius 2 is 2.08 bits per heavy atom. The van der Waals surface area contributed by atoms with E-state index in [2.05, 4.69) is 16.4 Å². The fourth-order valence-electron chi connectivity index (χ4n) is 2.68. The van der Waals surface area contributed by atoms with Crippen LogP contribution in [0.15, 0.2) is 24.3 Å². The highest BCUT2D eigenvalue weighted by Crippen LogP contribution is 2.21. The van der Waals surface area contributed by atoms with Crippen LogP contribution in [0.4, 0.5) is 0 Å². The predicted molar refractivity (Wildman–Crippen MR) is 104 cm³/mol. The molecule has 2 rings (SSSR count). The Bertz CT molecular complexity index is 699. The molecule has 6 nitrogen and oxygen atoms in total. The number of fused-ring (bicyclic) bond motifs is 1. The number of aromatic nitrogens is 1. The molecule has 2 aromatic rings. The van der Waals surface area contributed by atoms with Gasteiger partial charge >= 0.3 is 5.97 Å². The Morgan fingerprint density at radius 1 is 1.31 bits per heavy atom. The number of para-hydroxylation sites is 1. The number of nitrogens with one attached hydrogen (secondary N) is 1. The van der Waals surface area contributed by atoms with Gasteiger partial charge in [-0.25, -0.2) is 4.98 Å². The van der Waals surface area contributed by atoms with E-state index in [1.54, 1.807) is 25.2 Å². The van der Waals surface area contributed by atoms with Crippen LogP contribution >= 0.6 is 11.3 Å². The van der Waals surface area contributed by atoms with E-state index >= 15 is 0 Å². The van der Waals surface area contributed by atoms with Gasteiger partial charge in [0.1, 0.15) is 6.04 Å². The maximum absolute atomic E-state index is 12.3. The number of nitrogens with zero attached hydrogens (tertiary/aromatic N) is 2. The van der Waals surface area contributed by atoms with E-state index in [-0.39, 0.29) is 18.4 Å². The number of benzene rings is 1. The maximum Gasteiger partial charge on any atom is 0.323 e. The number of esters is 1. The summed E-state index contributed by atoms with van der Waals surface area (Å²) < 4.78 is 6.22. The molecule has 0 bridgehead atoms. The van der Waals surface area contributed by atoms with Crippen molar-refractivity contribution in [2.24, 2.45) is 0 Å². The summed E-state index contributed by atoms with van der Waals surface area (Å²) in [5.41, 5.74) is 0.996. The van der Waals surface area contributed by atoms with Crippen molar-refractivity contribution < 1.29 is 14.3 Å². The minimum Gasteiger partial charge on any atom is -0.465 e. The van der Waals surface area contributed by atoms with E-state index in [1.807, 2.05) is 30.0 Å². The molecule has 1 atom stereocenters. The zero-order valence-corrected chi connectivity index (χ0v) is 16.5. The molecule has 0 spiro atoms. The average Bonchev–Trinajstić information content (AvgIpc) is 3.03. The van der Waals surface area contributed by atoms with Crippen molar-refractivity contribution in [3.63, 3.8) is 0 Å². The molecular weight excluding hydrogens is 350 g/mol. The van der Waals surface area contributed by atoms with Gasteiger partial charge in [0.15, 0.2) is 0 Å². The Hall–Kier alpha value is -1.99. The summed E-state index contributed by atoms with van der Waals surface area (Å²) in [5, 5.41) is 3.94. The van der Waals surface area contributed by atoms with Crippen molar-refractivity contribution in [1.82, 2.24) is 15.2 Å². The normalized spacial score (nSPS) is 12.3. The quantitative estimate of drug-likeness (QED) is 0.645. The number of carbonyl (C=O) groups is 2. The van der Waals surface area contributed by atoms with Crippen molar-refractivity contribution in [3.8, 4) is 0 Å². The smallest absolute Gasteiger partial charge is 0.323 e. The zero-order chi connectivity index (χ0) is 18.9. The highest BCUT2D eigenvalue weighted by atomic mass is 32.1. The predicted octanol–water partition coefficient (Wildman–Crippen LogP) is 2.62. The third-order valence-electron chi connectivity index (χ3n) is 4.03. The molecule has 26 heavy (non-hydrogen) atoms. The summed E-state index contributed by atoms with van der Waals surface area (Å²) in [5.74, 6) is -0.376. The molecule has 7 heteroatoms. The topological polar surface area (TPSA) is 71.5 Å². The number of hydrogen-bond acceptors (Lipinski definition) is 6. The molecule has 1 aromatic heterocycles. The zero-order valence-electron chi connectivity index (χ0n) is 15.7.